The molecule has 0 bridgehead atoms. The molecule has 0 saturated carbocycles. The largest absolute Gasteiger partial charge is 0.333 e. The first-order chi connectivity index (χ1) is 5.39. The minimum Gasteiger partial charge on any atom is -0.333 e. The van der Waals surface area contributed by atoms with Gasteiger partial charge in [-0.1, -0.05) is 20.8 Å². The molecule has 0 radical (unpaired) electrons. The number of piperidine rings is 1. The van der Waals surface area contributed by atoms with Gasteiger partial charge in [0.1, 0.15) is 0 Å². The Hall–Kier alpha value is -0.0800. The standard InChI is InChI=1S/C6H13N.C2H6.CH5N/c1-6-2-4-7-5-3-6;2*1-2/h6-7H,2-5H2,1H3;1-2H3;2H2,1H3. The molecular formula is C9H24N2. The van der Waals surface area contributed by atoms with Gasteiger partial charge in [-0.25, -0.2) is 0 Å². The lowest BCUT2D eigenvalue weighted by Crippen LogP contribution is -2.26. The summed E-state index contributed by atoms with van der Waals surface area (Å²) in [5.74, 6) is 0.973. The highest BCUT2D eigenvalue weighted by molar-refractivity contribution is 4.62. The van der Waals surface area contributed by atoms with Crippen LogP contribution in [0, 0.1) is 5.92 Å². The molecule has 70 valence electrons. The van der Waals surface area contributed by atoms with Crippen molar-refractivity contribution in [1.29, 1.82) is 0 Å². The van der Waals surface area contributed by atoms with Crippen molar-refractivity contribution in [3.63, 3.8) is 0 Å². The minimum absolute atomic E-state index is 0.973. The third-order valence-electron chi connectivity index (χ3n) is 1.63. The molecular weight excluding hydrogens is 136 g/mol. The normalized spacial score (nSPS) is 17.2. The van der Waals surface area contributed by atoms with E-state index in [1.165, 1.54) is 33.0 Å². The summed E-state index contributed by atoms with van der Waals surface area (Å²) in [6, 6.07) is 0. The molecule has 0 atom stereocenters. The van der Waals surface area contributed by atoms with Crippen molar-refractivity contribution in [3.8, 4) is 0 Å². The van der Waals surface area contributed by atoms with Crippen LogP contribution in [0.2, 0.25) is 0 Å². The first kappa shape index (κ1) is 13.5. The van der Waals surface area contributed by atoms with E-state index < -0.39 is 0 Å². The molecule has 1 aliphatic heterocycles. The molecule has 1 aliphatic rings. The molecule has 0 aromatic heterocycles. The summed E-state index contributed by atoms with van der Waals surface area (Å²) in [5, 5.41) is 3.32. The topological polar surface area (TPSA) is 38.0 Å². The van der Waals surface area contributed by atoms with Gasteiger partial charge in [-0.2, -0.15) is 0 Å². The second-order valence-electron chi connectivity index (χ2n) is 2.43. The SMILES string of the molecule is CC.CC1CCNCC1.CN. The van der Waals surface area contributed by atoms with Crippen LogP contribution in [0.1, 0.15) is 33.6 Å². The van der Waals surface area contributed by atoms with Gasteiger partial charge in [-0.15, -0.1) is 0 Å². The van der Waals surface area contributed by atoms with Crippen molar-refractivity contribution in [1.82, 2.24) is 5.32 Å². The first-order valence-electron chi connectivity index (χ1n) is 4.68. The lowest BCUT2D eigenvalue weighted by atomic mass is 10.0. The fraction of sp³-hybridized carbons (Fsp3) is 1.00. The van der Waals surface area contributed by atoms with Gasteiger partial charge in [-0.05, 0) is 38.9 Å². The van der Waals surface area contributed by atoms with E-state index in [1.54, 1.807) is 0 Å². The van der Waals surface area contributed by atoms with Crippen LogP contribution in [-0.2, 0) is 0 Å². The van der Waals surface area contributed by atoms with Crippen LogP contribution in [0.4, 0.5) is 0 Å². The van der Waals surface area contributed by atoms with E-state index in [0.29, 0.717) is 0 Å². The lowest BCUT2D eigenvalue weighted by molar-refractivity contribution is 0.402. The molecule has 1 fully saturated rings. The minimum atomic E-state index is 0.973. The molecule has 3 N–H and O–H groups in total. The summed E-state index contributed by atoms with van der Waals surface area (Å²) in [7, 11) is 1.50. The summed E-state index contributed by atoms with van der Waals surface area (Å²) >= 11 is 0. The Morgan fingerprint density at radius 1 is 1.09 bits per heavy atom. The van der Waals surface area contributed by atoms with Crippen molar-refractivity contribution < 1.29 is 0 Å². The molecule has 1 rings (SSSR count). The molecule has 1 heterocycles. The highest BCUT2D eigenvalue weighted by atomic mass is 14.9. The summed E-state index contributed by atoms with van der Waals surface area (Å²) in [6.45, 7) is 8.79. The molecule has 0 unspecified atom stereocenters. The second kappa shape index (κ2) is 12.6. The predicted molar refractivity (Wildman–Crippen MR) is 52.7 cm³/mol. The van der Waals surface area contributed by atoms with Crippen molar-refractivity contribution in [2.45, 2.75) is 33.6 Å². The van der Waals surface area contributed by atoms with Gasteiger partial charge in [0.05, 0.1) is 0 Å². The smallest absolute Gasteiger partial charge is 0.00464 e. The maximum Gasteiger partial charge on any atom is -0.00464 e. The fourth-order valence-electron chi connectivity index (χ4n) is 0.966. The van der Waals surface area contributed by atoms with Crippen LogP contribution in [-0.4, -0.2) is 20.1 Å². The first-order valence-corrected chi connectivity index (χ1v) is 4.68. The van der Waals surface area contributed by atoms with Gasteiger partial charge >= 0.3 is 0 Å². The van der Waals surface area contributed by atoms with E-state index in [0.717, 1.165) is 5.92 Å². The summed E-state index contributed by atoms with van der Waals surface area (Å²) in [6.07, 6.45) is 2.75. The number of nitrogens with two attached hydrogens (primary N) is 1. The van der Waals surface area contributed by atoms with E-state index in [1.807, 2.05) is 13.8 Å². The number of hydrogen-bond acceptors (Lipinski definition) is 2. The Morgan fingerprint density at radius 2 is 1.45 bits per heavy atom. The zero-order valence-corrected chi connectivity index (χ0v) is 8.48. The van der Waals surface area contributed by atoms with Gasteiger partial charge in [-0.3, -0.25) is 0 Å². The monoisotopic (exact) mass is 160 g/mol. The predicted octanol–water partition coefficient (Wildman–Crippen LogP) is 1.61. The maximum atomic E-state index is 4.50. The molecule has 11 heavy (non-hydrogen) atoms. The molecule has 0 aromatic carbocycles. The second-order valence-corrected chi connectivity index (χ2v) is 2.43. The highest BCUT2D eigenvalue weighted by Crippen LogP contribution is 2.08. The van der Waals surface area contributed by atoms with E-state index in [9.17, 15) is 0 Å². The van der Waals surface area contributed by atoms with Crippen LogP contribution in [0.25, 0.3) is 0 Å². The number of hydrogen-bond donors (Lipinski definition) is 2. The molecule has 0 aromatic rings. The Morgan fingerprint density at radius 3 is 1.64 bits per heavy atom. The van der Waals surface area contributed by atoms with Crippen molar-refractivity contribution in [2.24, 2.45) is 11.7 Å². The van der Waals surface area contributed by atoms with Crippen molar-refractivity contribution >= 4 is 0 Å². The van der Waals surface area contributed by atoms with Crippen molar-refractivity contribution in [3.05, 3.63) is 0 Å². The average molecular weight is 160 g/mol. The van der Waals surface area contributed by atoms with Crippen LogP contribution in [0.5, 0.6) is 0 Å². The van der Waals surface area contributed by atoms with Crippen LogP contribution in [0.3, 0.4) is 0 Å². The van der Waals surface area contributed by atoms with Gasteiger partial charge in [0.2, 0.25) is 0 Å². The lowest BCUT2D eigenvalue weighted by Gasteiger charge is -2.17. The maximum absolute atomic E-state index is 4.50. The van der Waals surface area contributed by atoms with E-state index in [2.05, 4.69) is 18.0 Å². The summed E-state index contributed by atoms with van der Waals surface area (Å²) in [5.41, 5.74) is 4.50. The summed E-state index contributed by atoms with van der Waals surface area (Å²) in [4.78, 5) is 0. The molecule has 1 saturated heterocycles. The van der Waals surface area contributed by atoms with Crippen molar-refractivity contribution in [2.75, 3.05) is 20.1 Å². The molecule has 2 nitrogen and oxygen atoms in total. The Kier molecular flexibility index (Phi) is 15.4. The van der Waals surface area contributed by atoms with Gasteiger partial charge < -0.3 is 11.1 Å². The van der Waals surface area contributed by atoms with Crippen LogP contribution < -0.4 is 11.1 Å². The Labute approximate surface area is 71.6 Å². The van der Waals surface area contributed by atoms with Gasteiger partial charge in [0.15, 0.2) is 0 Å². The van der Waals surface area contributed by atoms with E-state index in [-0.39, 0.29) is 0 Å². The van der Waals surface area contributed by atoms with Crippen LogP contribution >= 0.6 is 0 Å². The third-order valence-corrected chi connectivity index (χ3v) is 1.63. The third kappa shape index (κ3) is 9.92. The fourth-order valence-corrected chi connectivity index (χ4v) is 0.966. The van der Waals surface area contributed by atoms with Crippen LogP contribution in [0.15, 0.2) is 0 Å². The quantitative estimate of drug-likeness (QED) is 0.565. The zero-order chi connectivity index (χ0) is 9.11. The highest BCUT2D eigenvalue weighted by Gasteiger charge is 2.04. The zero-order valence-electron chi connectivity index (χ0n) is 8.48. The average Bonchev–Trinajstić information content (AvgIpc) is 2.13. The number of rotatable bonds is 0. The van der Waals surface area contributed by atoms with E-state index >= 15 is 0 Å². The van der Waals surface area contributed by atoms with Gasteiger partial charge in [0.25, 0.3) is 0 Å². The molecule has 2 heteroatoms. The number of nitrogens with one attached hydrogen (secondary N) is 1. The van der Waals surface area contributed by atoms with E-state index in [4.69, 9.17) is 0 Å². The molecule has 0 amide bonds. The molecule has 0 aliphatic carbocycles. The molecule has 0 spiro atoms. The van der Waals surface area contributed by atoms with Gasteiger partial charge in [0, 0.05) is 0 Å². The Balaban J connectivity index is 0. The summed E-state index contributed by atoms with van der Waals surface area (Å²) < 4.78 is 0. The Bertz CT molecular complexity index is 49.5.